The molecule has 1 aliphatic heterocycles. The highest BCUT2D eigenvalue weighted by molar-refractivity contribution is 7.98. The summed E-state index contributed by atoms with van der Waals surface area (Å²) in [5, 5.41) is 11.5. The van der Waals surface area contributed by atoms with Crippen LogP contribution in [-0.4, -0.2) is 30.7 Å². The van der Waals surface area contributed by atoms with Crippen LogP contribution in [0.3, 0.4) is 0 Å². The summed E-state index contributed by atoms with van der Waals surface area (Å²) >= 11 is 1.22. The molecular weight excluding hydrogens is 391 g/mol. The van der Waals surface area contributed by atoms with Crippen molar-refractivity contribution in [3.8, 4) is 0 Å². The Hall–Kier alpha value is -1.97. The number of hydrogen-bond acceptors (Lipinski definition) is 5. The Bertz CT molecular complexity index is 927. The van der Waals surface area contributed by atoms with Gasteiger partial charge in [0.25, 0.3) is 5.69 Å². The molecule has 27 heavy (non-hydrogen) atoms. The predicted octanol–water partition coefficient (Wildman–Crippen LogP) is 4.20. The average molecular weight is 410 g/mol. The summed E-state index contributed by atoms with van der Waals surface area (Å²) in [6.07, 6.45) is 2.59. The third kappa shape index (κ3) is 4.66. The smallest absolute Gasteiger partial charge is 0.258 e. The lowest BCUT2D eigenvalue weighted by Gasteiger charge is -2.25. The van der Waals surface area contributed by atoms with Crippen molar-refractivity contribution >= 4 is 27.5 Å². The van der Waals surface area contributed by atoms with Gasteiger partial charge in [-0.1, -0.05) is 18.6 Å². The van der Waals surface area contributed by atoms with Crippen molar-refractivity contribution in [1.29, 1.82) is 0 Å². The molecule has 0 saturated carbocycles. The van der Waals surface area contributed by atoms with Gasteiger partial charge in [-0.25, -0.2) is 12.8 Å². The molecule has 2 aromatic carbocycles. The Morgan fingerprint density at radius 1 is 1.07 bits per heavy atom. The second-order valence-corrected chi connectivity index (χ2v) is 9.22. The van der Waals surface area contributed by atoms with Gasteiger partial charge in [0.05, 0.1) is 14.7 Å². The Morgan fingerprint density at radius 3 is 2.37 bits per heavy atom. The summed E-state index contributed by atoms with van der Waals surface area (Å²) in [7, 11) is -3.73. The van der Waals surface area contributed by atoms with E-state index in [-0.39, 0.29) is 16.4 Å². The largest absolute Gasteiger partial charge is 0.284 e. The monoisotopic (exact) mass is 410 g/mol. The van der Waals surface area contributed by atoms with E-state index < -0.39 is 14.9 Å². The molecule has 9 heteroatoms. The molecule has 0 N–H and O–H groups in total. The van der Waals surface area contributed by atoms with Crippen LogP contribution < -0.4 is 0 Å². The van der Waals surface area contributed by atoms with Crippen LogP contribution in [0.15, 0.2) is 52.3 Å². The van der Waals surface area contributed by atoms with Crippen molar-refractivity contribution in [3.63, 3.8) is 0 Å². The van der Waals surface area contributed by atoms with Crippen molar-refractivity contribution in [2.45, 2.75) is 34.8 Å². The number of piperidine rings is 1. The van der Waals surface area contributed by atoms with Gasteiger partial charge in [0.1, 0.15) is 5.82 Å². The summed E-state index contributed by atoms with van der Waals surface area (Å²) in [6, 6.07) is 9.92. The lowest BCUT2D eigenvalue weighted by atomic mass is 10.2. The molecule has 144 valence electrons. The van der Waals surface area contributed by atoms with Crippen LogP contribution in [0.4, 0.5) is 10.1 Å². The average Bonchev–Trinajstić information content (AvgIpc) is 2.68. The number of hydrogen-bond donors (Lipinski definition) is 0. The molecule has 1 aliphatic rings. The number of benzene rings is 2. The fraction of sp³-hybridized carbons (Fsp3) is 0.333. The van der Waals surface area contributed by atoms with Crippen molar-refractivity contribution in [1.82, 2.24) is 4.31 Å². The number of sulfonamides is 1. The molecule has 0 unspecified atom stereocenters. The zero-order valence-electron chi connectivity index (χ0n) is 14.5. The van der Waals surface area contributed by atoms with E-state index in [0.717, 1.165) is 30.9 Å². The molecule has 1 heterocycles. The molecule has 1 fully saturated rings. The number of nitro benzene ring substituents is 1. The van der Waals surface area contributed by atoms with E-state index in [4.69, 9.17) is 0 Å². The van der Waals surface area contributed by atoms with E-state index in [1.807, 2.05) is 0 Å². The van der Waals surface area contributed by atoms with Gasteiger partial charge >= 0.3 is 0 Å². The Balaban J connectivity index is 1.84. The van der Waals surface area contributed by atoms with Crippen molar-refractivity contribution in [3.05, 3.63) is 64.0 Å². The molecule has 0 radical (unpaired) electrons. The SMILES string of the molecule is O=[N+]([O-])c1cc(S(=O)(=O)N2CCCCC2)ccc1SCc1ccc(F)cc1. The zero-order chi connectivity index (χ0) is 19.4. The van der Waals surface area contributed by atoms with Crippen LogP contribution in [0.5, 0.6) is 0 Å². The second kappa shape index (κ2) is 8.37. The van der Waals surface area contributed by atoms with Gasteiger partial charge in [0.15, 0.2) is 0 Å². The van der Waals surface area contributed by atoms with Crippen LogP contribution in [0.1, 0.15) is 24.8 Å². The van der Waals surface area contributed by atoms with Gasteiger partial charge in [-0.15, -0.1) is 11.8 Å². The van der Waals surface area contributed by atoms with Crippen LogP contribution in [0.2, 0.25) is 0 Å². The fourth-order valence-electron chi connectivity index (χ4n) is 2.92. The van der Waals surface area contributed by atoms with E-state index >= 15 is 0 Å². The third-order valence-electron chi connectivity index (χ3n) is 4.39. The summed E-state index contributed by atoms with van der Waals surface area (Å²) < 4.78 is 39.9. The van der Waals surface area contributed by atoms with Gasteiger partial charge in [-0.05, 0) is 42.7 Å². The summed E-state index contributed by atoms with van der Waals surface area (Å²) in [6.45, 7) is 0.883. The number of thioether (sulfide) groups is 1. The van der Waals surface area contributed by atoms with Gasteiger partial charge in [0.2, 0.25) is 10.0 Å². The quantitative estimate of drug-likeness (QED) is 0.405. The number of rotatable bonds is 6. The van der Waals surface area contributed by atoms with Gasteiger partial charge in [-0.3, -0.25) is 10.1 Å². The lowest BCUT2D eigenvalue weighted by Crippen LogP contribution is -2.35. The highest BCUT2D eigenvalue weighted by Gasteiger charge is 2.28. The van der Waals surface area contributed by atoms with Gasteiger partial charge in [0, 0.05) is 24.9 Å². The minimum atomic E-state index is -3.73. The first kappa shape index (κ1) is 19.8. The summed E-state index contributed by atoms with van der Waals surface area (Å²) in [5.74, 6) is 0.0706. The zero-order valence-corrected chi connectivity index (χ0v) is 16.1. The number of nitro groups is 1. The maximum absolute atomic E-state index is 13.0. The van der Waals surface area contributed by atoms with Crippen LogP contribution in [0.25, 0.3) is 0 Å². The van der Waals surface area contributed by atoms with Crippen molar-refractivity contribution < 1.29 is 17.7 Å². The summed E-state index contributed by atoms with van der Waals surface area (Å²) in [5.41, 5.74) is 0.584. The fourth-order valence-corrected chi connectivity index (χ4v) is 5.42. The first-order valence-corrected chi connectivity index (χ1v) is 11.0. The molecule has 1 saturated heterocycles. The molecule has 6 nitrogen and oxygen atoms in total. The van der Waals surface area contributed by atoms with Gasteiger partial charge < -0.3 is 0 Å². The van der Waals surface area contributed by atoms with Crippen LogP contribution in [-0.2, 0) is 15.8 Å². The standard InChI is InChI=1S/C18H19FN2O4S2/c19-15-6-4-14(5-7-15)13-26-18-9-8-16(12-17(18)21(22)23)27(24,25)20-10-2-1-3-11-20/h4-9,12H,1-3,10-11,13H2. The minimum Gasteiger partial charge on any atom is -0.258 e. The van der Waals surface area contributed by atoms with Crippen molar-refractivity contribution in [2.75, 3.05) is 13.1 Å². The molecule has 0 aromatic heterocycles. The summed E-state index contributed by atoms with van der Waals surface area (Å²) in [4.78, 5) is 11.2. The van der Waals surface area contributed by atoms with Crippen LogP contribution >= 0.6 is 11.8 Å². The first-order chi connectivity index (χ1) is 12.9. The molecule has 0 spiro atoms. The number of nitrogens with zero attached hydrogens (tertiary/aromatic N) is 2. The molecule has 3 rings (SSSR count). The second-order valence-electron chi connectivity index (χ2n) is 6.27. The highest BCUT2D eigenvalue weighted by Crippen LogP contribution is 2.34. The van der Waals surface area contributed by atoms with E-state index in [9.17, 15) is 22.9 Å². The predicted molar refractivity (Wildman–Crippen MR) is 102 cm³/mol. The third-order valence-corrected chi connectivity index (χ3v) is 7.42. The maximum atomic E-state index is 13.0. The van der Waals surface area contributed by atoms with Crippen molar-refractivity contribution in [2.24, 2.45) is 0 Å². The van der Waals surface area contributed by atoms with E-state index in [0.29, 0.717) is 23.7 Å². The van der Waals surface area contributed by atoms with E-state index in [2.05, 4.69) is 0 Å². The molecule has 2 aromatic rings. The normalized spacial score (nSPS) is 15.6. The Kier molecular flexibility index (Phi) is 6.13. The topological polar surface area (TPSA) is 80.5 Å². The molecule has 0 bridgehead atoms. The Morgan fingerprint density at radius 2 is 1.74 bits per heavy atom. The molecule has 0 atom stereocenters. The lowest BCUT2D eigenvalue weighted by molar-refractivity contribution is -0.388. The minimum absolute atomic E-state index is 0.0535. The first-order valence-electron chi connectivity index (χ1n) is 8.54. The number of halogens is 1. The molecule has 0 aliphatic carbocycles. The molecule has 0 amide bonds. The maximum Gasteiger partial charge on any atom is 0.284 e. The Labute approximate surface area is 161 Å². The van der Waals surface area contributed by atoms with Gasteiger partial charge in [-0.2, -0.15) is 4.31 Å². The molecular formula is C18H19FN2O4S2. The van der Waals surface area contributed by atoms with Crippen LogP contribution in [0, 0.1) is 15.9 Å². The van der Waals surface area contributed by atoms with E-state index in [1.165, 1.54) is 40.3 Å². The van der Waals surface area contributed by atoms with E-state index in [1.54, 1.807) is 12.1 Å². The highest BCUT2D eigenvalue weighted by atomic mass is 32.2.